The Morgan fingerprint density at radius 2 is 1.74 bits per heavy atom. The predicted octanol–water partition coefficient (Wildman–Crippen LogP) is 5.83. The number of carbonyl (C=O) groups is 1. The molecular formula is C34H51NO7S. The number of sulfonamides is 1. The van der Waals surface area contributed by atoms with E-state index < -0.39 is 16.1 Å². The quantitative estimate of drug-likeness (QED) is 0.380. The van der Waals surface area contributed by atoms with Crippen LogP contribution in [-0.2, 0) is 21.2 Å². The van der Waals surface area contributed by atoms with Gasteiger partial charge in [0.2, 0.25) is 0 Å². The molecule has 1 aromatic carbocycles. The van der Waals surface area contributed by atoms with Gasteiger partial charge >= 0.3 is 6.09 Å². The summed E-state index contributed by atoms with van der Waals surface area (Å²) in [6.07, 6.45) is 7.73. The Kier molecular flexibility index (Phi) is 7.90. The molecule has 1 heterocycles. The highest BCUT2D eigenvalue weighted by Gasteiger charge is 2.63. The number of carbonyl (C=O) groups excluding carboxylic acids is 1. The van der Waals surface area contributed by atoms with Crippen molar-refractivity contribution in [2.75, 3.05) is 6.61 Å². The number of hydrogen-bond acceptors (Lipinski definition) is 7. The lowest BCUT2D eigenvalue weighted by molar-refractivity contribution is -0.174. The second-order valence-corrected chi connectivity index (χ2v) is 17.4. The van der Waals surface area contributed by atoms with E-state index in [1.807, 2.05) is 13.8 Å². The van der Waals surface area contributed by atoms with Crippen molar-refractivity contribution in [2.45, 2.75) is 122 Å². The monoisotopic (exact) mass is 617 g/mol. The molecule has 1 amide bonds. The molecule has 0 radical (unpaired) electrons. The Labute approximate surface area is 257 Å². The van der Waals surface area contributed by atoms with Crippen molar-refractivity contribution in [2.24, 2.45) is 46.3 Å². The van der Waals surface area contributed by atoms with Crippen molar-refractivity contribution in [1.82, 2.24) is 4.72 Å². The highest BCUT2D eigenvalue weighted by molar-refractivity contribution is 7.90. The standard InChI is InChI=1S/C34H51NO7S/c1-20(19-41-31(38)35-43(39,40)24-6-9-29-21(16-24)10-13-32(2,3)42-29)25-7-8-26-30-27(12-15-34(25,26)5)33(4)14-11-23(36)17-22(33)18-28(30)37/h6,9,16,20,22-23,25-28,30,36-37H,7-8,10-15,17-19H2,1-5H3,(H,35,38)/t20-,22+,23+,25-,26+,27+,28-,30+,33+,34-/m1/s1. The number of aliphatic hydroxyl groups is 2. The van der Waals surface area contributed by atoms with Crippen molar-refractivity contribution < 1.29 is 32.9 Å². The van der Waals surface area contributed by atoms with Gasteiger partial charge in [-0.2, -0.15) is 0 Å². The molecule has 8 nitrogen and oxygen atoms in total. The highest BCUT2D eigenvalue weighted by atomic mass is 32.2. The van der Waals surface area contributed by atoms with Gasteiger partial charge in [0.15, 0.2) is 0 Å². The van der Waals surface area contributed by atoms with Gasteiger partial charge in [0.25, 0.3) is 10.0 Å². The topological polar surface area (TPSA) is 122 Å². The second-order valence-electron chi connectivity index (χ2n) is 15.8. The third kappa shape index (κ3) is 5.50. The van der Waals surface area contributed by atoms with Gasteiger partial charge in [-0.15, -0.1) is 0 Å². The van der Waals surface area contributed by atoms with Gasteiger partial charge in [0.1, 0.15) is 11.4 Å². The molecule has 0 saturated heterocycles. The first-order valence-electron chi connectivity index (χ1n) is 16.5. The zero-order valence-corrected chi connectivity index (χ0v) is 27.3. The van der Waals surface area contributed by atoms with Gasteiger partial charge in [0, 0.05) is 0 Å². The molecule has 10 atom stereocenters. The average Bonchev–Trinajstić information content (AvgIpc) is 3.29. The van der Waals surface area contributed by atoms with Crippen LogP contribution < -0.4 is 9.46 Å². The van der Waals surface area contributed by atoms with E-state index in [1.54, 1.807) is 12.1 Å². The molecule has 240 valence electrons. The molecule has 9 heteroatoms. The van der Waals surface area contributed by atoms with E-state index in [-0.39, 0.29) is 52.0 Å². The summed E-state index contributed by atoms with van der Waals surface area (Å²) in [5.41, 5.74) is 0.753. The molecule has 4 saturated carbocycles. The summed E-state index contributed by atoms with van der Waals surface area (Å²) in [5.74, 6) is 2.64. The predicted molar refractivity (Wildman–Crippen MR) is 163 cm³/mol. The second kappa shape index (κ2) is 10.9. The molecule has 43 heavy (non-hydrogen) atoms. The van der Waals surface area contributed by atoms with E-state index >= 15 is 0 Å². The average molecular weight is 618 g/mol. The van der Waals surface area contributed by atoms with Crippen LogP contribution in [0.15, 0.2) is 23.1 Å². The van der Waals surface area contributed by atoms with E-state index in [4.69, 9.17) is 9.47 Å². The number of aliphatic hydroxyl groups excluding tert-OH is 2. The van der Waals surface area contributed by atoms with Gasteiger partial charge in [-0.3, -0.25) is 0 Å². The maximum absolute atomic E-state index is 13.0. The smallest absolute Gasteiger partial charge is 0.421 e. The summed E-state index contributed by atoms with van der Waals surface area (Å²) in [6, 6.07) is 4.70. The number of rotatable bonds is 5. The van der Waals surface area contributed by atoms with E-state index in [0.717, 1.165) is 63.4 Å². The molecule has 0 unspecified atom stereocenters. The van der Waals surface area contributed by atoms with Crippen LogP contribution in [0.4, 0.5) is 4.79 Å². The van der Waals surface area contributed by atoms with E-state index in [0.29, 0.717) is 35.8 Å². The molecule has 3 N–H and O–H groups in total. The summed E-state index contributed by atoms with van der Waals surface area (Å²) in [7, 11) is -4.08. The number of amides is 1. The summed E-state index contributed by atoms with van der Waals surface area (Å²) < 4.78 is 39.6. The first-order valence-corrected chi connectivity index (χ1v) is 18.0. The molecule has 5 aliphatic rings. The third-order valence-corrected chi connectivity index (χ3v) is 14.1. The lowest BCUT2D eigenvalue weighted by Crippen LogP contribution is -2.58. The fourth-order valence-corrected chi connectivity index (χ4v) is 11.4. The van der Waals surface area contributed by atoms with Gasteiger partial charge in [-0.05, 0) is 148 Å². The van der Waals surface area contributed by atoms with Crippen LogP contribution in [0.2, 0.25) is 0 Å². The van der Waals surface area contributed by atoms with Crippen LogP contribution in [0, 0.1) is 46.3 Å². The number of nitrogens with one attached hydrogen (secondary N) is 1. The normalized spacial score (nSPS) is 40.6. The number of benzene rings is 1. The Bertz CT molecular complexity index is 1350. The Morgan fingerprint density at radius 3 is 2.51 bits per heavy atom. The molecule has 4 aliphatic carbocycles. The molecule has 0 aromatic heterocycles. The third-order valence-electron chi connectivity index (χ3n) is 12.8. The first kappa shape index (κ1) is 31.2. The van der Waals surface area contributed by atoms with Crippen LogP contribution >= 0.6 is 0 Å². The summed E-state index contributed by atoms with van der Waals surface area (Å²) in [4.78, 5) is 12.7. The number of aryl methyl sites for hydroxylation is 1. The lowest BCUT2D eigenvalue weighted by Gasteiger charge is -2.62. The number of fused-ring (bicyclic) bond motifs is 6. The van der Waals surface area contributed by atoms with Crippen molar-refractivity contribution in [1.29, 1.82) is 0 Å². The summed E-state index contributed by atoms with van der Waals surface area (Å²) >= 11 is 0. The molecule has 0 spiro atoms. The molecule has 1 aromatic rings. The van der Waals surface area contributed by atoms with Crippen LogP contribution in [-0.4, -0.2) is 49.1 Å². The molecule has 0 bridgehead atoms. The fourth-order valence-electron chi connectivity index (χ4n) is 10.5. The fraction of sp³-hybridized carbons (Fsp3) is 0.794. The van der Waals surface area contributed by atoms with Crippen molar-refractivity contribution in [3.05, 3.63) is 23.8 Å². The minimum atomic E-state index is -4.08. The zero-order chi connectivity index (χ0) is 30.9. The van der Waals surface area contributed by atoms with Crippen molar-refractivity contribution in [3.8, 4) is 5.75 Å². The van der Waals surface area contributed by atoms with E-state index in [9.17, 15) is 23.4 Å². The number of hydrogen-bond donors (Lipinski definition) is 3. The molecular weight excluding hydrogens is 566 g/mol. The Morgan fingerprint density at radius 1 is 1.02 bits per heavy atom. The van der Waals surface area contributed by atoms with E-state index in [1.165, 1.54) is 6.07 Å². The molecule has 6 rings (SSSR count). The van der Waals surface area contributed by atoms with Gasteiger partial charge in [-0.1, -0.05) is 20.8 Å². The van der Waals surface area contributed by atoms with Crippen LogP contribution in [0.5, 0.6) is 5.75 Å². The highest BCUT2D eigenvalue weighted by Crippen LogP contribution is 2.68. The van der Waals surface area contributed by atoms with Gasteiger partial charge in [-0.25, -0.2) is 17.9 Å². The van der Waals surface area contributed by atoms with Crippen LogP contribution in [0.25, 0.3) is 0 Å². The maximum atomic E-state index is 13.0. The van der Waals surface area contributed by atoms with Crippen LogP contribution in [0.1, 0.15) is 98.0 Å². The lowest BCUT2D eigenvalue weighted by atomic mass is 9.43. The zero-order valence-electron chi connectivity index (χ0n) is 26.5. The van der Waals surface area contributed by atoms with Gasteiger partial charge < -0.3 is 19.7 Å². The van der Waals surface area contributed by atoms with Crippen molar-refractivity contribution in [3.63, 3.8) is 0 Å². The van der Waals surface area contributed by atoms with Crippen molar-refractivity contribution >= 4 is 16.1 Å². The first-order chi connectivity index (χ1) is 20.1. The molecule has 1 aliphatic heterocycles. The SMILES string of the molecule is C[C@H](COC(=O)NS(=O)(=O)c1ccc2c(c1)CCC(C)(C)O2)[C@H]1CC[C@H]2[C@@H]3[C@H](O)C[C@@H]4C[C@@H](O)CC[C@]4(C)[C@H]3CC[C@]12C. The minimum absolute atomic E-state index is 0.0249. The summed E-state index contributed by atoms with van der Waals surface area (Å²) in [6.45, 7) is 11.1. The largest absolute Gasteiger partial charge is 0.488 e. The molecule has 4 fully saturated rings. The maximum Gasteiger partial charge on any atom is 0.421 e. The van der Waals surface area contributed by atoms with Crippen LogP contribution in [0.3, 0.4) is 0 Å². The summed E-state index contributed by atoms with van der Waals surface area (Å²) in [5, 5.41) is 21.8. The minimum Gasteiger partial charge on any atom is -0.488 e. The number of ether oxygens (including phenoxy) is 2. The van der Waals surface area contributed by atoms with Gasteiger partial charge in [0.05, 0.1) is 23.7 Å². The van der Waals surface area contributed by atoms with E-state index in [2.05, 4.69) is 25.5 Å². The Balaban J connectivity index is 1.08. The Hall–Kier alpha value is -1.84.